The fraction of sp³-hybridized carbons (Fsp3) is 0.231. The standard InChI is InChI=1S/C26H19ClF3N9O3/c27-18-10-14(11-20-22(18)32-7-6-31-20)25(41)38-8-3-15(4-9-38)35-24(40)16-13-34-21(12-17(16)26(28,29)30)42-39-23-19(36-37-39)2-1-5-33-23/h1-2,5-7,10-13,15H,3-4,8-9H2,(H,35,40). The van der Waals surface area contributed by atoms with Crippen molar-refractivity contribution in [3.05, 3.63) is 76.8 Å². The number of hydrogen-bond acceptors (Lipinski definition) is 9. The van der Waals surface area contributed by atoms with E-state index in [-0.39, 0.29) is 24.6 Å². The molecule has 1 saturated heterocycles. The van der Waals surface area contributed by atoms with Gasteiger partial charge in [-0.05, 0) is 42.3 Å². The molecule has 1 aromatic carbocycles. The van der Waals surface area contributed by atoms with Crippen molar-refractivity contribution in [2.75, 3.05) is 13.1 Å². The van der Waals surface area contributed by atoms with Gasteiger partial charge in [-0.25, -0.2) is 9.97 Å². The lowest BCUT2D eigenvalue weighted by atomic mass is 10.0. The number of halogens is 4. The van der Waals surface area contributed by atoms with Crippen LogP contribution >= 0.6 is 11.6 Å². The molecule has 0 atom stereocenters. The molecule has 4 aromatic heterocycles. The summed E-state index contributed by atoms with van der Waals surface area (Å²) in [5.74, 6) is -1.68. The molecule has 0 bridgehead atoms. The van der Waals surface area contributed by atoms with Gasteiger partial charge in [0.25, 0.3) is 11.8 Å². The first-order valence-corrected chi connectivity index (χ1v) is 13.0. The van der Waals surface area contributed by atoms with Gasteiger partial charge in [0.05, 0.1) is 21.7 Å². The van der Waals surface area contributed by atoms with Crippen LogP contribution in [0.4, 0.5) is 13.2 Å². The fourth-order valence-corrected chi connectivity index (χ4v) is 4.89. The molecule has 1 fully saturated rings. The first-order chi connectivity index (χ1) is 20.2. The van der Waals surface area contributed by atoms with E-state index in [0.29, 0.717) is 46.0 Å². The van der Waals surface area contributed by atoms with E-state index in [2.05, 4.69) is 35.6 Å². The van der Waals surface area contributed by atoms with Crippen molar-refractivity contribution >= 4 is 45.6 Å². The topological polar surface area (TPSA) is 141 Å². The molecule has 1 aliphatic rings. The minimum absolute atomic E-state index is 0.178. The largest absolute Gasteiger partial charge is 0.417 e. The second kappa shape index (κ2) is 10.8. The number of nitrogens with zero attached hydrogens (tertiary/aromatic N) is 8. The smallest absolute Gasteiger partial charge is 0.349 e. The van der Waals surface area contributed by atoms with Crippen LogP contribution in [0.25, 0.3) is 22.2 Å². The number of carbonyl (C=O) groups is 2. The Bertz CT molecular complexity index is 1820. The summed E-state index contributed by atoms with van der Waals surface area (Å²) in [5, 5.41) is 10.5. The monoisotopic (exact) mass is 597 g/mol. The summed E-state index contributed by atoms with van der Waals surface area (Å²) in [7, 11) is 0. The molecular formula is C26H19ClF3N9O3. The van der Waals surface area contributed by atoms with Crippen LogP contribution in [0.5, 0.6) is 5.88 Å². The fourth-order valence-electron chi connectivity index (χ4n) is 4.63. The lowest BCUT2D eigenvalue weighted by Gasteiger charge is -2.32. The van der Waals surface area contributed by atoms with E-state index in [4.69, 9.17) is 16.4 Å². The maximum atomic E-state index is 14.0. The summed E-state index contributed by atoms with van der Waals surface area (Å²) < 4.78 is 41.9. The molecule has 214 valence electrons. The predicted molar refractivity (Wildman–Crippen MR) is 142 cm³/mol. The zero-order valence-corrected chi connectivity index (χ0v) is 22.2. The Morgan fingerprint density at radius 1 is 1.00 bits per heavy atom. The first-order valence-electron chi connectivity index (χ1n) is 12.6. The molecule has 12 nitrogen and oxygen atoms in total. The number of likely N-dealkylation sites (tertiary alicyclic amines) is 1. The van der Waals surface area contributed by atoms with E-state index in [1.165, 1.54) is 24.7 Å². The van der Waals surface area contributed by atoms with Gasteiger partial charge in [0, 0.05) is 55.5 Å². The van der Waals surface area contributed by atoms with Crippen LogP contribution < -0.4 is 10.2 Å². The van der Waals surface area contributed by atoms with Gasteiger partial charge in [-0.2, -0.15) is 13.2 Å². The lowest BCUT2D eigenvalue weighted by Crippen LogP contribution is -2.46. The number of hydrogen-bond donors (Lipinski definition) is 1. The second-order valence-corrected chi connectivity index (χ2v) is 9.79. The van der Waals surface area contributed by atoms with E-state index in [0.717, 1.165) is 11.0 Å². The summed E-state index contributed by atoms with van der Waals surface area (Å²) in [6.07, 6.45) is 1.04. The van der Waals surface area contributed by atoms with E-state index in [1.54, 1.807) is 23.1 Å². The number of aromatic nitrogens is 7. The van der Waals surface area contributed by atoms with Crippen molar-refractivity contribution < 1.29 is 27.6 Å². The summed E-state index contributed by atoms with van der Waals surface area (Å²) in [5.41, 5.74) is -0.0494. The van der Waals surface area contributed by atoms with E-state index >= 15 is 0 Å². The Morgan fingerprint density at radius 3 is 2.57 bits per heavy atom. The minimum atomic E-state index is -4.88. The highest BCUT2D eigenvalue weighted by molar-refractivity contribution is 6.35. The average molecular weight is 598 g/mol. The highest BCUT2D eigenvalue weighted by Gasteiger charge is 2.37. The van der Waals surface area contributed by atoms with Gasteiger partial charge in [-0.3, -0.25) is 19.6 Å². The van der Waals surface area contributed by atoms with Crippen molar-refractivity contribution in [1.82, 2.24) is 45.3 Å². The van der Waals surface area contributed by atoms with Crippen LogP contribution in [0.15, 0.2) is 55.1 Å². The van der Waals surface area contributed by atoms with Crippen molar-refractivity contribution in [2.45, 2.75) is 25.1 Å². The van der Waals surface area contributed by atoms with Crippen LogP contribution in [-0.2, 0) is 6.18 Å². The molecule has 0 spiro atoms. The Labute approximate surface area is 239 Å². The number of nitrogens with one attached hydrogen (secondary N) is 1. The minimum Gasteiger partial charge on any atom is -0.349 e. The molecule has 0 aliphatic carbocycles. The highest BCUT2D eigenvalue weighted by atomic mass is 35.5. The Kier molecular flexibility index (Phi) is 7.02. The quantitative estimate of drug-likeness (QED) is 0.321. The molecule has 16 heteroatoms. The second-order valence-electron chi connectivity index (χ2n) is 9.39. The number of pyridine rings is 2. The van der Waals surface area contributed by atoms with Crippen molar-refractivity contribution in [2.24, 2.45) is 0 Å². The van der Waals surface area contributed by atoms with Crippen LogP contribution in [0, 0.1) is 0 Å². The molecule has 1 aliphatic heterocycles. The van der Waals surface area contributed by atoms with Crippen molar-refractivity contribution in [1.29, 1.82) is 0 Å². The maximum absolute atomic E-state index is 14.0. The number of benzene rings is 1. The summed E-state index contributed by atoms with van der Waals surface area (Å²) in [6, 6.07) is 6.50. The van der Waals surface area contributed by atoms with E-state index in [9.17, 15) is 22.8 Å². The Hall–Kier alpha value is -4.92. The Balaban J connectivity index is 1.13. The predicted octanol–water partition coefficient (Wildman–Crippen LogP) is 3.71. The van der Waals surface area contributed by atoms with E-state index < -0.39 is 35.1 Å². The van der Waals surface area contributed by atoms with Crippen LogP contribution in [0.3, 0.4) is 0 Å². The number of fused-ring (bicyclic) bond motifs is 2. The highest BCUT2D eigenvalue weighted by Crippen LogP contribution is 2.34. The van der Waals surface area contributed by atoms with Gasteiger partial charge in [0.15, 0.2) is 0 Å². The van der Waals surface area contributed by atoms with Gasteiger partial charge in [-0.1, -0.05) is 16.4 Å². The molecule has 0 saturated carbocycles. The van der Waals surface area contributed by atoms with Crippen LogP contribution in [-0.4, -0.2) is 70.9 Å². The van der Waals surface area contributed by atoms with Crippen LogP contribution in [0.2, 0.25) is 5.02 Å². The zero-order valence-electron chi connectivity index (χ0n) is 21.4. The number of amides is 2. The number of carbonyl (C=O) groups excluding carboxylic acids is 2. The SMILES string of the molecule is O=C(NC1CCN(C(=O)c2cc(Cl)c3nccnc3c2)CC1)c1cnc(On2nnc3cccnc32)cc1C(F)(F)F. The molecule has 1 N–H and O–H groups in total. The summed E-state index contributed by atoms with van der Waals surface area (Å²) >= 11 is 6.27. The van der Waals surface area contributed by atoms with Crippen molar-refractivity contribution in [3.63, 3.8) is 0 Å². The van der Waals surface area contributed by atoms with Crippen LogP contribution in [0.1, 0.15) is 39.1 Å². The maximum Gasteiger partial charge on any atom is 0.417 e. The van der Waals surface area contributed by atoms with Gasteiger partial charge in [0.2, 0.25) is 11.5 Å². The molecule has 5 heterocycles. The van der Waals surface area contributed by atoms with E-state index in [1.807, 2.05) is 0 Å². The van der Waals surface area contributed by atoms with Crippen molar-refractivity contribution in [3.8, 4) is 5.88 Å². The molecule has 6 rings (SSSR count). The number of rotatable bonds is 5. The summed E-state index contributed by atoms with van der Waals surface area (Å²) in [6.45, 7) is 0.550. The molecule has 0 radical (unpaired) electrons. The molecule has 5 aromatic rings. The molecular weight excluding hydrogens is 579 g/mol. The van der Waals surface area contributed by atoms with Gasteiger partial charge < -0.3 is 15.1 Å². The molecule has 42 heavy (non-hydrogen) atoms. The molecule has 2 amide bonds. The zero-order chi connectivity index (χ0) is 29.4. The first kappa shape index (κ1) is 27.3. The number of piperidine rings is 1. The van der Waals surface area contributed by atoms with Gasteiger partial charge in [-0.15, -0.1) is 5.10 Å². The molecule has 0 unspecified atom stereocenters. The Morgan fingerprint density at radius 2 is 1.79 bits per heavy atom. The summed E-state index contributed by atoms with van der Waals surface area (Å²) in [4.78, 5) is 50.1. The normalized spacial score (nSPS) is 14.3. The third kappa shape index (κ3) is 5.37. The van der Waals surface area contributed by atoms with Gasteiger partial charge >= 0.3 is 6.18 Å². The third-order valence-corrected chi connectivity index (χ3v) is 6.97. The lowest BCUT2D eigenvalue weighted by molar-refractivity contribution is -0.138. The number of alkyl halides is 3. The third-order valence-electron chi connectivity index (χ3n) is 6.68. The average Bonchev–Trinajstić information content (AvgIpc) is 3.39. The van der Waals surface area contributed by atoms with Gasteiger partial charge in [0.1, 0.15) is 11.0 Å².